The zero-order valence-electron chi connectivity index (χ0n) is 29.4. The van der Waals surface area contributed by atoms with Crippen molar-refractivity contribution in [2.75, 3.05) is 7.11 Å². The zero-order chi connectivity index (χ0) is 32.6. The molecule has 5 saturated carbocycles. The molecule has 0 heterocycles. The Labute approximate surface area is 272 Å². The minimum atomic E-state index is -0.311. The van der Waals surface area contributed by atoms with E-state index in [-0.39, 0.29) is 45.1 Å². The van der Waals surface area contributed by atoms with Crippen LogP contribution in [0.1, 0.15) is 118 Å². The first kappa shape index (κ1) is 32.6. The van der Waals surface area contributed by atoms with Crippen molar-refractivity contribution in [3.8, 4) is 5.75 Å². The molecule has 1 aromatic rings. The number of amides is 1. The molecule has 5 fully saturated rings. The van der Waals surface area contributed by atoms with Crippen LogP contribution in [0.2, 0.25) is 0 Å². The van der Waals surface area contributed by atoms with Gasteiger partial charge < -0.3 is 14.8 Å². The average molecular weight is 618 g/mol. The number of nitrogens with one attached hydrogen (secondary N) is 1. The van der Waals surface area contributed by atoms with Crippen molar-refractivity contribution in [3.05, 3.63) is 42.0 Å². The van der Waals surface area contributed by atoms with Crippen LogP contribution in [0.25, 0.3) is 0 Å². The summed E-state index contributed by atoms with van der Waals surface area (Å²) in [5, 5.41) is 3.43. The van der Waals surface area contributed by atoms with Gasteiger partial charge in [-0.1, -0.05) is 58.9 Å². The molecule has 0 aromatic heterocycles. The molecule has 1 N–H and O–H groups in total. The van der Waals surface area contributed by atoms with Gasteiger partial charge in [-0.15, -0.1) is 0 Å². The van der Waals surface area contributed by atoms with Crippen molar-refractivity contribution in [1.29, 1.82) is 0 Å². The Morgan fingerprint density at radius 2 is 1.56 bits per heavy atom. The molecule has 45 heavy (non-hydrogen) atoms. The first-order valence-corrected chi connectivity index (χ1v) is 17.9. The largest absolute Gasteiger partial charge is 0.497 e. The molecule has 1 amide bonds. The minimum absolute atomic E-state index is 0.00546. The summed E-state index contributed by atoms with van der Waals surface area (Å²) >= 11 is 0. The number of fused-ring (bicyclic) bond motifs is 7. The Morgan fingerprint density at radius 1 is 0.844 bits per heavy atom. The van der Waals surface area contributed by atoms with E-state index in [1.54, 1.807) is 14.0 Å². The third kappa shape index (κ3) is 4.74. The van der Waals surface area contributed by atoms with Gasteiger partial charge in [-0.05, 0) is 135 Å². The molecule has 1 aromatic carbocycles. The van der Waals surface area contributed by atoms with E-state index in [1.165, 1.54) is 31.3 Å². The van der Waals surface area contributed by atoms with E-state index in [0.29, 0.717) is 36.1 Å². The molecular weight excluding hydrogens is 558 g/mol. The van der Waals surface area contributed by atoms with Crippen LogP contribution in [0.15, 0.2) is 36.4 Å². The summed E-state index contributed by atoms with van der Waals surface area (Å²) in [7, 11) is 1.68. The fourth-order valence-electron chi connectivity index (χ4n) is 13.0. The molecule has 248 valence electrons. The van der Waals surface area contributed by atoms with Crippen molar-refractivity contribution in [2.24, 2.45) is 56.7 Å². The van der Waals surface area contributed by atoms with Gasteiger partial charge in [0.2, 0.25) is 5.91 Å². The van der Waals surface area contributed by atoms with Gasteiger partial charge in [-0.25, -0.2) is 0 Å². The summed E-state index contributed by atoms with van der Waals surface area (Å²) in [6, 6.07) is 8.05. The average Bonchev–Trinajstić information content (AvgIpc) is 3.39. The standard InChI is InChI=1S/C40H59NO4/c1-25(2)29-16-21-40(35(43)41-24-27-10-12-28(44-9)13-11-27)23-22-38(7)30(34(29)40)14-15-32-37(6)19-18-33(45-26(3)42)36(4,5)31(37)17-20-39(32,38)8/h10-13,29-34H,1,14-24H2,2-9H3,(H,41,43)/t29-,30?,31?,32?,33-,34?,37-,38+,39+,40-/m0/s1. The molecule has 5 heteroatoms. The second kappa shape index (κ2) is 11.2. The normalized spacial score (nSPS) is 43.1. The smallest absolute Gasteiger partial charge is 0.302 e. The van der Waals surface area contributed by atoms with E-state index < -0.39 is 0 Å². The summed E-state index contributed by atoms with van der Waals surface area (Å²) in [4.78, 5) is 26.5. The topological polar surface area (TPSA) is 64.6 Å². The maximum atomic E-state index is 14.4. The first-order valence-electron chi connectivity index (χ1n) is 17.9. The monoisotopic (exact) mass is 617 g/mol. The van der Waals surface area contributed by atoms with Crippen molar-refractivity contribution in [2.45, 2.75) is 125 Å². The van der Waals surface area contributed by atoms with E-state index in [0.717, 1.165) is 49.8 Å². The number of carbonyl (C=O) groups is 2. The molecule has 6 rings (SSSR count). The lowest BCUT2D eigenvalue weighted by molar-refractivity contribution is -0.248. The van der Waals surface area contributed by atoms with Crippen molar-refractivity contribution >= 4 is 11.9 Å². The number of carbonyl (C=O) groups excluding carboxylic acids is 2. The van der Waals surface area contributed by atoms with E-state index in [4.69, 9.17) is 9.47 Å². The van der Waals surface area contributed by atoms with E-state index >= 15 is 0 Å². The van der Waals surface area contributed by atoms with Gasteiger partial charge in [-0.2, -0.15) is 0 Å². The van der Waals surface area contributed by atoms with Gasteiger partial charge in [0.05, 0.1) is 12.5 Å². The fraction of sp³-hybridized carbons (Fsp3) is 0.750. The lowest BCUT2D eigenvalue weighted by Crippen LogP contribution is -2.67. The molecule has 10 atom stereocenters. The van der Waals surface area contributed by atoms with Crippen LogP contribution in [0, 0.1) is 56.7 Å². The minimum Gasteiger partial charge on any atom is -0.497 e. The fourth-order valence-corrected chi connectivity index (χ4v) is 13.0. The quantitative estimate of drug-likeness (QED) is 0.256. The third-order valence-electron chi connectivity index (χ3n) is 15.4. The van der Waals surface area contributed by atoms with Crippen LogP contribution in [-0.4, -0.2) is 25.1 Å². The van der Waals surface area contributed by atoms with Crippen LogP contribution >= 0.6 is 0 Å². The Balaban J connectivity index is 1.29. The summed E-state index contributed by atoms with van der Waals surface area (Å²) in [6.07, 6.45) is 11.1. The zero-order valence-corrected chi connectivity index (χ0v) is 29.4. The summed E-state index contributed by atoms with van der Waals surface area (Å²) in [5.74, 6) is 3.43. The second-order valence-corrected chi connectivity index (χ2v) is 17.3. The van der Waals surface area contributed by atoms with Crippen molar-refractivity contribution in [3.63, 3.8) is 0 Å². The van der Waals surface area contributed by atoms with Gasteiger partial charge in [-0.3, -0.25) is 9.59 Å². The predicted molar refractivity (Wildman–Crippen MR) is 179 cm³/mol. The number of allylic oxidation sites excluding steroid dienone is 1. The third-order valence-corrected chi connectivity index (χ3v) is 15.4. The number of methoxy groups -OCH3 is 1. The van der Waals surface area contributed by atoms with Crippen LogP contribution in [-0.2, 0) is 20.9 Å². The lowest BCUT2D eigenvalue weighted by atomic mass is 9.32. The highest BCUT2D eigenvalue weighted by molar-refractivity contribution is 5.84. The Morgan fingerprint density at radius 3 is 2.20 bits per heavy atom. The van der Waals surface area contributed by atoms with E-state index in [2.05, 4.69) is 65.6 Å². The second-order valence-electron chi connectivity index (χ2n) is 17.3. The molecule has 0 spiro atoms. The maximum absolute atomic E-state index is 14.4. The lowest BCUT2D eigenvalue weighted by Gasteiger charge is -2.72. The highest BCUT2D eigenvalue weighted by Gasteiger charge is 2.72. The number of rotatable bonds is 6. The highest BCUT2D eigenvalue weighted by Crippen LogP contribution is 2.77. The molecule has 0 bridgehead atoms. The Kier molecular flexibility index (Phi) is 8.09. The van der Waals surface area contributed by atoms with Crippen LogP contribution in [0.5, 0.6) is 5.75 Å². The number of benzene rings is 1. The van der Waals surface area contributed by atoms with E-state index in [1.807, 2.05) is 12.1 Å². The number of hydrogen-bond donors (Lipinski definition) is 1. The summed E-state index contributed by atoms with van der Waals surface area (Å²) in [5.41, 5.74) is 2.67. The van der Waals surface area contributed by atoms with Gasteiger partial charge in [0.15, 0.2) is 0 Å². The van der Waals surface area contributed by atoms with Gasteiger partial charge in [0, 0.05) is 18.9 Å². The summed E-state index contributed by atoms with van der Waals surface area (Å²) in [6.45, 7) is 21.5. The van der Waals surface area contributed by atoms with Crippen LogP contribution < -0.4 is 10.1 Å². The Bertz CT molecular complexity index is 1330. The maximum Gasteiger partial charge on any atom is 0.302 e. The number of hydrogen-bond acceptors (Lipinski definition) is 4. The van der Waals surface area contributed by atoms with Gasteiger partial charge in [0.1, 0.15) is 11.9 Å². The molecule has 5 nitrogen and oxygen atoms in total. The van der Waals surface area contributed by atoms with Crippen molar-refractivity contribution < 1.29 is 19.1 Å². The molecule has 4 unspecified atom stereocenters. The molecule has 0 saturated heterocycles. The SMILES string of the molecule is C=C(C)[C@@H]1CC[C@]2(C(=O)NCc3ccc(OC)cc3)CC[C@]3(C)C(CCC4[C@@]5(C)CC[C@H](OC(C)=O)C(C)(C)C5CC[C@]43C)C12. The molecule has 5 aliphatic rings. The van der Waals surface area contributed by atoms with Crippen LogP contribution in [0.4, 0.5) is 0 Å². The van der Waals surface area contributed by atoms with Crippen LogP contribution in [0.3, 0.4) is 0 Å². The summed E-state index contributed by atoms with van der Waals surface area (Å²) < 4.78 is 11.3. The molecular formula is C40H59NO4. The number of ether oxygens (including phenoxy) is 2. The molecule has 0 radical (unpaired) electrons. The molecule has 5 aliphatic carbocycles. The van der Waals surface area contributed by atoms with Gasteiger partial charge in [0.25, 0.3) is 0 Å². The van der Waals surface area contributed by atoms with Crippen molar-refractivity contribution in [1.82, 2.24) is 5.32 Å². The van der Waals surface area contributed by atoms with Gasteiger partial charge >= 0.3 is 5.97 Å². The first-order chi connectivity index (χ1) is 21.1. The van der Waals surface area contributed by atoms with E-state index in [9.17, 15) is 9.59 Å². The highest BCUT2D eigenvalue weighted by atomic mass is 16.5. The number of esters is 1. The molecule has 0 aliphatic heterocycles. The predicted octanol–water partition coefficient (Wildman–Crippen LogP) is 8.90. The Hall–Kier alpha value is -2.30.